The molecule has 0 radical (unpaired) electrons. The molecule has 0 spiro atoms. The number of carbonyl (C=O) groups is 2. The van der Waals surface area contributed by atoms with E-state index in [2.05, 4.69) is 10.6 Å². The number of carbonyl (C=O) groups excluding carboxylic acids is 2. The first-order chi connectivity index (χ1) is 9.93. The highest BCUT2D eigenvalue weighted by Gasteiger charge is 2.11. The van der Waals surface area contributed by atoms with Gasteiger partial charge >= 0.3 is 0 Å². The van der Waals surface area contributed by atoms with Gasteiger partial charge in [-0.15, -0.1) is 0 Å². The van der Waals surface area contributed by atoms with Crippen molar-refractivity contribution in [2.75, 3.05) is 20.2 Å². The molecular formula is C15H22N2O4. The third kappa shape index (κ3) is 5.72. The van der Waals surface area contributed by atoms with Gasteiger partial charge in [0.2, 0.25) is 5.91 Å². The SMILES string of the molecule is COc1cc(C(=O)NCCNC(C)=O)ccc1OC(C)C. The van der Waals surface area contributed by atoms with Gasteiger partial charge in [-0.3, -0.25) is 9.59 Å². The molecule has 0 aliphatic heterocycles. The summed E-state index contributed by atoms with van der Waals surface area (Å²) >= 11 is 0. The summed E-state index contributed by atoms with van der Waals surface area (Å²) in [7, 11) is 1.53. The van der Waals surface area contributed by atoms with Crippen LogP contribution in [0.3, 0.4) is 0 Å². The highest BCUT2D eigenvalue weighted by molar-refractivity contribution is 5.94. The zero-order valence-corrected chi connectivity index (χ0v) is 12.9. The number of hydrogen-bond donors (Lipinski definition) is 2. The van der Waals surface area contributed by atoms with Gasteiger partial charge in [0.05, 0.1) is 13.2 Å². The molecule has 1 rings (SSSR count). The fraction of sp³-hybridized carbons (Fsp3) is 0.467. The molecule has 0 aliphatic rings. The van der Waals surface area contributed by atoms with Gasteiger partial charge in [-0.1, -0.05) is 0 Å². The molecule has 0 heterocycles. The highest BCUT2D eigenvalue weighted by atomic mass is 16.5. The van der Waals surface area contributed by atoms with E-state index in [0.29, 0.717) is 30.2 Å². The van der Waals surface area contributed by atoms with E-state index in [1.165, 1.54) is 14.0 Å². The normalized spacial score (nSPS) is 10.1. The predicted octanol–water partition coefficient (Wildman–Crippen LogP) is 1.35. The summed E-state index contributed by atoms with van der Waals surface area (Å²) in [5.74, 6) is 0.761. The zero-order chi connectivity index (χ0) is 15.8. The summed E-state index contributed by atoms with van der Waals surface area (Å²) in [6.45, 7) is 6.03. The second kappa shape index (κ2) is 8.14. The van der Waals surface area contributed by atoms with Crippen LogP contribution in [0.5, 0.6) is 11.5 Å². The van der Waals surface area contributed by atoms with Crippen LogP contribution in [0.15, 0.2) is 18.2 Å². The Kier molecular flexibility index (Phi) is 6.52. The Hall–Kier alpha value is -2.24. The van der Waals surface area contributed by atoms with Gasteiger partial charge < -0.3 is 20.1 Å². The van der Waals surface area contributed by atoms with Crippen molar-refractivity contribution < 1.29 is 19.1 Å². The number of nitrogens with one attached hydrogen (secondary N) is 2. The first-order valence-electron chi connectivity index (χ1n) is 6.81. The number of amides is 2. The zero-order valence-electron chi connectivity index (χ0n) is 12.9. The van der Waals surface area contributed by atoms with E-state index >= 15 is 0 Å². The van der Waals surface area contributed by atoms with Crippen molar-refractivity contribution in [3.8, 4) is 11.5 Å². The molecule has 1 aromatic carbocycles. The Morgan fingerprint density at radius 2 is 1.81 bits per heavy atom. The number of ether oxygens (including phenoxy) is 2. The molecule has 0 fully saturated rings. The van der Waals surface area contributed by atoms with Crippen molar-refractivity contribution in [2.45, 2.75) is 26.9 Å². The predicted molar refractivity (Wildman–Crippen MR) is 79.8 cm³/mol. The minimum Gasteiger partial charge on any atom is -0.493 e. The lowest BCUT2D eigenvalue weighted by Gasteiger charge is -2.14. The second-order valence-electron chi connectivity index (χ2n) is 4.77. The molecule has 0 saturated heterocycles. The maximum atomic E-state index is 12.0. The van der Waals surface area contributed by atoms with Gasteiger partial charge in [-0.2, -0.15) is 0 Å². The molecule has 0 aliphatic carbocycles. The van der Waals surface area contributed by atoms with Crippen molar-refractivity contribution in [1.82, 2.24) is 10.6 Å². The molecule has 6 heteroatoms. The Bertz CT molecular complexity index is 500. The highest BCUT2D eigenvalue weighted by Crippen LogP contribution is 2.28. The van der Waals surface area contributed by atoms with Crippen LogP contribution in [-0.4, -0.2) is 38.1 Å². The third-order valence-corrected chi connectivity index (χ3v) is 2.57. The fourth-order valence-corrected chi connectivity index (χ4v) is 1.68. The van der Waals surface area contributed by atoms with Gasteiger partial charge in [-0.25, -0.2) is 0 Å². The second-order valence-corrected chi connectivity index (χ2v) is 4.77. The van der Waals surface area contributed by atoms with E-state index in [1.54, 1.807) is 18.2 Å². The summed E-state index contributed by atoms with van der Waals surface area (Å²) in [5.41, 5.74) is 0.478. The molecule has 1 aromatic rings. The summed E-state index contributed by atoms with van der Waals surface area (Å²) < 4.78 is 10.8. The van der Waals surface area contributed by atoms with Crippen LogP contribution >= 0.6 is 0 Å². The average Bonchev–Trinajstić information content (AvgIpc) is 2.43. The summed E-state index contributed by atoms with van der Waals surface area (Å²) in [4.78, 5) is 22.7. The molecule has 0 unspecified atom stereocenters. The van der Waals surface area contributed by atoms with Gasteiger partial charge in [0.25, 0.3) is 5.91 Å². The molecule has 21 heavy (non-hydrogen) atoms. The number of methoxy groups -OCH3 is 1. The lowest BCUT2D eigenvalue weighted by Crippen LogP contribution is -2.33. The molecule has 0 atom stereocenters. The van der Waals surface area contributed by atoms with E-state index in [4.69, 9.17) is 9.47 Å². The minimum atomic E-state index is -0.227. The van der Waals surface area contributed by atoms with Crippen molar-refractivity contribution in [1.29, 1.82) is 0 Å². The smallest absolute Gasteiger partial charge is 0.251 e. The van der Waals surface area contributed by atoms with Crippen LogP contribution in [0.25, 0.3) is 0 Å². The maximum Gasteiger partial charge on any atom is 0.251 e. The van der Waals surface area contributed by atoms with Crippen molar-refractivity contribution in [3.63, 3.8) is 0 Å². The molecule has 0 aromatic heterocycles. The van der Waals surface area contributed by atoms with Gasteiger partial charge in [0.15, 0.2) is 11.5 Å². The standard InChI is InChI=1S/C15H22N2O4/c1-10(2)21-13-6-5-12(9-14(13)20-4)15(19)17-8-7-16-11(3)18/h5-6,9-10H,7-8H2,1-4H3,(H,16,18)(H,17,19). The molecule has 2 amide bonds. The van der Waals surface area contributed by atoms with E-state index in [-0.39, 0.29) is 17.9 Å². The summed E-state index contributed by atoms with van der Waals surface area (Å²) in [6, 6.07) is 5.01. The van der Waals surface area contributed by atoms with Crippen LogP contribution in [0.4, 0.5) is 0 Å². The third-order valence-electron chi connectivity index (χ3n) is 2.57. The molecule has 2 N–H and O–H groups in total. The average molecular weight is 294 g/mol. The Morgan fingerprint density at radius 3 is 2.38 bits per heavy atom. The van der Waals surface area contributed by atoms with Crippen molar-refractivity contribution in [3.05, 3.63) is 23.8 Å². The quantitative estimate of drug-likeness (QED) is 0.744. The van der Waals surface area contributed by atoms with E-state index in [0.717, 1.165) is 0 Å². The van der Waals surface area contributed by atoms with Crippen LogP contribution in [0, 0.1) is 0 Å². The van der Waals surface area contributed by atoms with Crippen LogP contribution in [0.1, 0.15) is 31.1 Å². The minimum absolute atomic E-state index is 0.0243. The number of hydrogen-bond acceptors (Lipinski definition) is 4. The van der Waals surface area contributed by atoms with E-state index < -0.39 is 0 Å². The van der Waals surface area contributed by atoms with Gasteiger partial charge in [0, 0.05) is 25.6 Å². The van der Waals surface area contributed by atoms with Crippen LogP contribution in [-0.2, 0) is 4.79 Å². The van der Waals surface area contributed by atoms with Crippen LogP contribution in [0.2, 0.25) is 0 Å². The summed E-state index contributed by atoms with van der Waals surface area (Å²) in [6.07, 6.45) is 0.0243. The van der Waals surface area contributed by atoms with E-state index in [9.17, 15) is 9.59 Å². The van der Waals surface area contributed by atoms with Crippen molar-refractivity contribution >= 4 is 11.8 Å². The first-order valence-corrected chi connectivity index (χ1v) is 6.81. The Labute approximate surface area is 124 Å². The molecule has 0 saturated carbocycles. The summed E-state index contributed by atoms with van der Waals surface area (Å²) in [5, 5.41) is 5.32. The Morgan fingerprint density at radius 1 is 1.14 bits per heavy atom. The van der Waals surface area contributed by atoms with Crippen LogP contribution < -0.4 is 20.1 Å². The van der Waals surface area contributed by atoms with Gasteiger partial charge in [-0.05, 0) is 32.0 Å². The lowest BCUT2D eigenvalue weighted by atomic mass is 10.2. The molecule has 6 nitrogen and oxygen atoms in total. The number of benzene rings is 1. The van der Waals surface area contributed by atoms with E-state index in [1.807, 2.05) is 13.8 Å². The largest absolute Gasteiger partial charge is 0.493 e. The monoisotopic (exact) mass is 294 g/mol. The molecular weight excluding hydrogens is 272 g/mol. The lowest BCUT2D eigenvalue weighted by molar-refractivity contribution is -0.118. The first kappa shape index (κ1) is 16.8. The molecule has 0 bridgehead atoms. The fourth-order valence-electron chi connectivity index (χ4n) is 1.68. The number of rotatable bonds is 7. The maximum absolute atomic E-state index is 12.0. The van der Waals surface area contributed by atoms with Crippen molar-refractivity contribution in [2.24, 2.45) is 0 Å². The topological polar surface area (TPSA) is 76.7 Å². The van der Waals surface area contributed by atoms with Gasteiger partial charge in [0.1, 0.15) is 0 Å². The Balaban J connectivity index is 2.66. The molecule has 116 valence electrons.